The van der Waals surface area contributed by atoms with Crippen molar-refractivity contribution in [1.29, 1.82) is 0 Å². The van der Waals surface area contributed by atoms with Crippen LogP contribution in [-0.2, 0) is 23.8 Å². The molecule has 0 N–H and O–H groups in total. The number of rotatable bonds is 54. The molecule has 5 nitrogen and oxygen atoms in total. The quantitative estimate of drug-likeness (QED) is 0.0345. The van der Waals surface area contributed by atoms with Gasteiger partial charge in [-0.1, -0.05) is 281 Å². The van der Waals surface area contributed by atoms with E-state index in [1.807, 2.05) is 0 Å². The molecule has 0 saturated carbocycles. The predicted molar refractivity (Wildman–Crippen MR) is 288 cm³/mol. The average molecular weight is 926 g/mol. The van der Waals surface area contributed by atoms with E-state index in [2.05, 4.69) is 69.4 Å². The van der Waals surface area contributed by atoms with E-state index in [-0.39, 0.29) is 25.2 Å². The monoisotopic (exact) mass is 925 g/mol. The van der Waals surface area contributed by atoms with Crippen LogP contribution in [0.3, 0.4) is 0 Å². The van der Waals surface area contributed by atoms with Crippen molar-refractivity contribution in [3.05, 3.63) is 48.6 Å². The van der Waals surface area contributed by atoms with Crippen molar-refractivity contribution in [2.75, 3.05) is 19.8 Å². The summed E-state index contributed by atoms with van der Waals surface area (Å²) in [7, 11) is 0. The highest BCUT2D eigenvalue weighted by molar-refractivity contribution is 5.69. The number of hydrogen-bond donors (Lipinski definition) is 0. The zero-order chi connectivity index (χ0) is 47.7. The highest BCUT2D eigenvalue weighted by Crippen LogP contribution is 2.17. The lowest BCUT2D eigenvalue weighted by molar-refractivity contribution is -0.155. The predicted octanol–water partition coefficient (Wildman–Crippen LogP) is 19.9. The minimum absolute atomic E-state index is 0.149. The molecule has 0 amide bonds. The number of ether oxygens (including phenoxy) is 3. The fourth-order valence-corrected chi connectivity index (χ4v) is 8.54. The van der Waals surface area contributed by atoms with Crippen LogP contribution in [-0.4, -0.2) is 37.9 Å². The Labute approximate surface area is 412 Å². The van der Waals surface area contributed by atoms with Gasteiger partial charge in [0.05, 0.1) is 0 Å². The van der Waals surface area contributed by atoms with Crippen LogP contribution in [0.1, 0.15) is 303 Å². The standard InChI is InChI=1S/C61H112O5/c1-4-7-10-13-16-19-22-25-28-31-33-36-39-42-45-48-51-54-60(62)65-57-59(64-56-53-50-47-44-41-38-35-30-27-24-21-18-15-12-9-6-3)58-66-61(63)55-52-49-46-43-40-37-34-32-29-26-23-20-17-14-11-8-5-2/h7,10,16,19,25,28,33,36,59H,4-6,8-9,11-15,17-18,20-24,26-27,29-32,34-35,37-58H2,1-3H3/b10-7-,19-16-,28-25-,36-33-/t59-/m1/s1. The molecule has 0 unspecified atom stereocenters. The highest BCUT2D eigenvalue weighted by Gasteiger charge is 2.16. The number of esters is 2. The molecule has 0 bridgehead atoms. The summed E-state index contributed by atoms with van der Waals surface area (Å²) in [6.07, 6.45) is 71.5. The third-order valence-electron chi connectivity index (χ3n) is 12.9. The maximum atomic E-state index is 12.7. The molecular weight excluding hydrogens is 813 g/mol. The minimum Gasteiger partial charge on any atom is -0.463 e. The highest BCUT2D eigenvalue weighted by atomic mass is 16.6. The summed E-state index contributed by atoms with van der Waals surface area (Å²) >= 11 is 0. The molecule has 0 radical (unpaired) electrons. The van der Waals surface area contributed by atoms with Crippen LogP contribution in [0.15, 0.2) is 48.6 Å². The Balaban J connectivity index is 4.26. The molecule has 0 heterocycles. The number of carbonyl (C=O) groups excluding carboxylic acids is 2. The van der Waals surface area contributed by atoms with E-state index in [1.165, 1.54) is 186 Å². The summed E-state index contributed by atoms with van der Waals surface area (Å²) in [5.41, 5.74) is 0. The molecule has 0 saturated heterocycles. The van der Waals surface area contributed by atoms with E-state index in [0.29, 0.717) is 19.4 Å². The first-order valence-corrected chi connectivity index (χ1v) is 29.2. The zero-order valence-corrected chi connectivity index (χ0v) is 44.5. The van der Waals surface area contributed by atoms with Gasteiger partial charge in [-0.15, -0.1) is 0 Å². The minimum atomic E-state index is -0.407. The molecule has 0 aromatic carbocycles. The third kappa shape index (κ3) is 54.5. The van der Waals surface area contributed by atoms with E-state index >= 15 is 0 Å². The Kier molecular flexibility index (Phi) is 55.3. The molecule has 66 heavy (non-hydrogen) atoms. The summed E-state index contributed by atoms with van der Waals surface area (Å²) in [5, 5.41) is 0. The van der Waals surface area contributed by atoms with Crippen LogP contribution in [0, 0.1) is 0 Å². The average Bonchev–Trinajstić information content (AvgIpc) is 3.32. The Morgan fingerprint density at radius 2 is 0.621 bits per heavy atom. The summed E-state index contributed by atoms with van der Waals surface area (Å²) in [6.45, 7) is 7.65. The second-order valence-electron chi connectivity index (χ2n) is 19.5. The molecule has 0 aromatic rings. The number of carbonyl (C=O) groups is 2. The molecule has 0 rings (SSSR count). The first-order chi connectivity index (χ1) is 32.6. The van der Waals surface area contributed by atoms with E-state index in [0.717, 1.165) is 83.5 Å². The third-order valence-corrected chi connectivity index (χ3v) is 12.9. The van der Waals surface area contributed by atoms with Gasteiger partial charge in [0, 0.05) is 19.4 Å². The van der Waals surface area contributed by atoms with E-state index < -0.39 is 6.10 Å². The largest absolute Gasteiger partial charge is 0.463 e. The topological polar surface area (TPSA) is 61.8 Å². The zero-order valence-electron chi connectivity index (χ0n) is 44.5. The van der Waals surface area contributed by atoms with Gasteiger partial charge in [-0.2, -0.15) is 0 Å². The van der Waals surface area contributed by atoms with Crippen molar-refractivity contribution in [2.45, 2.75) is 309 Å². The van der Waals surface area contributed by atoms with E-state index in [4.69, 9.17) is 14.2 Å². The summed E-state index contributed by atoms with van der Waals surface area (Å²) in [6, 6.07) is 0. The summed E-state index contributed by atoms with van der Waals surface area (Å²) in [4.78, 5) is 25.3. The Morgan fingerprint density at radius 3 is 0.970 bits per heavy atom. The van der Waals surface area contributed by atoms with Crippen molar-refractivity contribution < 1.29 is 23.8 Å². The molecule has 0 aliphatic carbocycles. The van der Waals surface area contributed by atoms with Gasteiger partial charge in [0.25, 0.3) is 0 Å². The SMILES string of the molecule is CC/C=C\C/C=C\C/C=C\C/C=C\CCCCCCC(=O)OC[C@H](COC(=O)CCCCCCCCCCCCCCCCCCC)OCCCCCCCCCCCCCCCCCC. The molecule has 0 aromatic heterocycles. The van der Waals surface area contributed by atoms with Crippen LogP contribution in [0.25, 0.3) is 0 Å². The van der Waals surface area contributed by atoms with Gasteiger partial charge >= 0.3 is 11.9 Å². The maximum absolute atomic E-state index is 12.7. The van der Waals surface area contributed by atoms with Crippen molar-refractivity contribution in [3.8, 4) is 0 Å². The first kappa shape index (κ1) is 63.9. The number of hydrogen-bond acceptors (Lipinski definition) is 5. The van der Waals surface area contributed by atoms with Crippen molar-refractivity contribution in [3.63, 3.8) is 0 Å². The number of allylic oxidation sites excluding steroid dienone is 8. The molecule has 0 fully saturated rings. The van der Waals surface area contributed by atoms with E-state index in [9.17, 15) is 9.59 Å². The van der Waals surface area contributed by atoms with Crippen LogP contribution in [0.4, 0.5) is 0 Å². The molecule has 1 atom stereocenters. The van der Waals surface area contributed by atoms with Gasteiger partial charge in [0.1, 0.15) is 19.3 Å². The summed E-state index contributed by atoms with van der Waals surface area (Å²) in [5.74, 6) is -0.344. The van der Waals surface area contributed by atoms with Gasteiger partial charge in [0.2, 0.25) is 0 Å². The van der Waals surface area contributed by atoms with Gasteiger partial charge in [-0.05, 0) is 57.8 Å². The van der Waals surface area contributed by atoms with Crippen LogP contribution in [0.5, 0.6) is 0 Å². The van der Waals surface area contributed by atoms with Crippen LogP contribution < -0.4 is 0 Å². The molecule has 0 aliphatic heterocycles. The molecular formula is C61H112O5. The molecule has 0 aliphatic rings. The van der Waals surface area contributed by atoms with E-state index in [1.54, 1.807) is 0 Å². The Bertz CT molecular complexity index is 1090. The lowest BCUT2D eigenvalue weighted by Crippen LogP contribution is -2.29. The lowest BCUT2D eigenvalue weighted by Gasteiger charge is -2.18. The van der Waals surface area contributed by atoms with Gasteiger partial charge in [-0.25, -0.2) is 0 Å². The van der Waals surface area contributed by atoms with Crippen molar-refractivity contribution in [2.24, 2.45) is 0 Å². The molecule has 386 valence electrons. The summed E-state index contributed by atoms with van der Waals surface area (Å²) < 4.78 is 17.5. The van der Waals surface area contributed by atoms with Crippen LogP contribution in [0.2, 0.25) is 0 Å². The van der Waals surface area contributed by atoms with Gasteiger partial charge in [-0.3, -0.25) is 9.59 Å². The number of unbranched alkanes of at least 4 members (excludes halogenated alkanes) is 35. The Morgan fingerprint density at radius 1 is 0.333 bits per heavy atom. The lowest BCUT2D eigenvalue weighted by atomic mass is 10.0. The smallest absolute Gasteiger partial charge is 0.305 e. The van der Waals surface area contributed by atoms with Crippen molar-refractivity contribution in [1.82, 2.24) is 0 Å². The second-order valence-corrected chi connectivity index (χ2v) is 19.5. The fraction of sp³-hybridized carbons (Fsp3) is 0.836. The molecule has 0 spiro atoms. The van der Waals surface area contributed by atoms with Gasteiger partial charge < -0.3 is 14.2 Å². The second kappa shape index (κ2) is 57.2. The van der Waals surface area contributed by atoms with Gasteiger partial charge in [0.15, 0.2) is 0 Å². The van der Waals surface area contributed by atoms with Crippen molar-refractivity contribution >= 4 is 11.9 Å². The maximum Gasteiger partial charge on any atom is 0.305 e. The normalized spacial score (nSPS) is 12.5. The first-order valence-electron chi connectivity index (χ1n) is 29.2. The Hall–Kier alpha value is -2.14. The molecule has 5 heteroatoms. The fourth-order valence-electron chi connectivity index (χ4n) is 8.54. The van der Waals surface area contributed by atoms with Crippen LogP contribution >= 0.6 is 0 Å².